The molecular formula is C20H23ClF2N2O4. The molecule has 0 unspecified atom stereocenters. The number of benzene rings is 2. The highest BCUT2D eigenvalue weighted by atomic mass is 35.5. The van der Waals surface area contributed by atoms with Gasteiger partial charge in [0.2, 0.25) is 0 Å². The van der Waals surface area contributed by atoms with Crippen LogP contribution in [0.4, 0.5) is 19.3 Å². The summed E-state index contributed by atoms with van der Waals surface area (Å²) in [5.41, 5.74) is 5.28. The lowest BCUT2D eigenvalue weighted by atomic mass is 10.2. The van der Waals surface area contributed by atoms with Crippen molar-refractivity contribution >= 4 is 23.4 Å². The SMILES string of the molecule is CC(C)(C)OC(=O)NCCOc1ccc(F)c(F)c1COc1ccc(Cl)c(N)c1. The molecule has 0 bridgehead atoms. The molecule has 0 fully saturated rings. The highest BCUT2D eigenvalue weighted by molar-refractivity contribution is 6.33. The zero-order valence-electron chi connectivity index (χ0n) is 16.4. The normalized spacial score (nSPS) is 11.1. The predicted octanol–water partition coefficient (Wildman–Crippen LogP) is 4.68. The summed E-state index contributed by atoms with van der Waals surface area (Å²) in [6.45, 7) is 5.06. The van der Waals surface area contributed by atoms with Gasteiger partial charge in [-0.2, -0.15) is 0 Å². The van der Waals surface area contributed by atoms with Crippen molar-refractivity contribution in [2.45, 2.75) is 33.0 Å². The van der Waals surface area contributed by atoms with Gasteiger partial charge in [-0.05, 0) is 45.0 Å². The molecule has 2 aromatic carbocycles. The molecule has 0 aliphatic rings. The van der Waals surface area contributed by atoms with Crippen molar-refractivity contribution in [1.29, 1.82) is 0 Å². The first-order chi connectivity index (χ1) is 13.6. The van der Waals surface area contributed by atoms with E-state index in [1.54, 1.807) is 26.8 Å². The lowest BCUT2D eigenvalue weighted by molar-refractivity contribution is 0.0520. The fourth-order valence-electron chi connectivity index (χ4n) is 2.24. The van der Waals surface area contributed by atoms with Gasteiger partial charge in [0, 0.05) is 6.07 Å². The Bertz CT molecular complexity index is 872. The average molecular weight is 429 g/mol. The summed E-state index contributed by atoms with van der Waals surface area (Å²) in [6.07, 6.45) is -0.602. The Morgan fingerprint density at radius 2 is 1.90 bits per heavy atom. The van der Waals surface area contributed by atoms with Crippen molar-refractivity contribution in [2.24, 2.45) is 0 Å². The van der Waals surface area contributed by atoms with E-state index in [9.17, 15) is 13.6 Å². The lowest BCUT2D eigenvalue weighted by Crippen LogP contribution is -2.34. The summed E-state index contributed by atoms with van der Waals surface area (Å²) < 4.78 is 44.0. The number of amides is 1. The van der Waals surface area contributed by atoms with Gasteiger partial charge in [0.05, 0.1) is 22.8 Å². The summed E-state index contributed by atoms with van der Waals surface area (Å²) in [7, 11) is 0. The molecule has 1 amide bonds. The zero-order chi connectivity index (χ0) is 21.6. The molecule has 0 saturated heterocycles. The summed E-state index contributed by atoms with van der Waals surface area (Å²) in [5, 5.41) is 2.87. The molecule has 6 nitrogen and oxygen atoms in total. The molecule has 2 aromatic rings. The summed E-state index contributed by atoms with van der Waals surface area (Å²) in [4.78, 5) is 11.6. The predicted molar refractivity (Wildman–Crippen MR) is 106 cm³/mol. The Balaban J connectivity index is 1.98. The molecule has 0 saturated carbocycles. The Kier molecular flexibility index (Phi) is 7.50. The highest BCUT2D eigenvalue weighted by Gasteiger charge is 2.17. The third-order valence-electron chi connectivity index (χ3n) is 3.53. The molecule has 0 aliphatic heterocycles. The summed E-state index contributed by atoms with van der Waals surface area (Å²) in [5.74, 6) is -1.67. The molecule has 29 heavy (non-hydrogen) atoms. The fraction of sp³-hybridized carbons (Fsp3) is 0.350. The van der Waals surface area contributed by atoms with Crippen LogP contribution in [0.3, 0.4) is 0 Å². The third kappa shape index (κ3) is 6.98. The minimum atomic E-state index is -1.08. The van der Waals surface area contributed by atoms with Gasteiger partial charge in [0.15, 0.2) is 11.6 Å². The van der Waals surface area contributed by atoms with Gasteiger partial charge >= 0.3 is 6.09 Å². The fourth-order valence-corrected chi connectivity index (χ4v) is 2.36. The number of anilines is 1. The molecule has 2 rings (SSSR count). The zero-order valence-corrected chi connectivity index (χ0v) is 17.1. The maximum atomic E-state index is 14.3. The lowest BCUT2D eigenvalue weighted by Gasteiger charge is -2.20. The largest absolute Gasteiger partial charge is 0.491 e. The second-order valence-electron chi connectivity index (χ2n) is 7.09. The number of halogens is 3. The third-order valence-corrected chi connectivity index (χ3v) is 3.88. The van der Waals surface area contributed by atoms with Crippen molar-refractivity contribution in [1.82, 2.24) is 5.32 Å². The van der Waals surface area contributed by atoms with Crippen molar-refractivity contribution < 1.29 is 27.8 Å². The number of ether oxygens (including phenoxy) is 3. The smallest absolute Gasteiger partial charge is 0.407 e. The summed E-state index contributed by atoms with van der Waals surface area (Å²) >= 11 is 5.85. The quantitative estimate of drug-likeness (QED) is 0.494. The molecule has 158 valence electrons. The van der Waals surface area contributed by atoms with Crippen LogP contribution in [0.25, 0.3) is 0 Å². The second kappa shape index (κ2) is 9.65. The number of nitrogen functional groups attached to an aromatic ring is 1. The number of hydrogen-bond donors (Lipinski definition) is 2. The van der Waals surface area contributed by atoms with Crippen LogP contribution in [-0.2, 0) is 11.3 Å². The first-order valence-electron chi connectivity index (χ1n) is 8.81. The molecule has 0 aromatic heterocycles. The average Bonchev–Trinajstić information content (AvgIpc) is 2.62. The number of nitrogens with one attached hydrogen (secondary N) is 1. The Hall–Kier alpha value is -2.74. The van der Waals surface area contributed by atoms with Gasteiger partial charge in [-0.3, -0.25) is 0 Å². The minimum absolute atomic E-state index is 0.0191. The molecule has 3 N–H and O–H groups in total. The molecule has 9 heteroatoms. The van der Waals surface area contributed by atoms with Gasteiger partial charge in [0.25, 0.3) is 0 Å². The molecule has 0 heterocycles. The van der Waals surface area contributed by atoms with Crippen LogP contribution < -0.4 is 20.5 Å². The summed E-state index contributed by atoms with van der Waals surface area (Å²) in [6, 6.07) is 6.82. The standard InChI is InChI=1S/C20H23ClF2N2O4/c1-20(2,3)29-19(26)25-8-9-27-17-7-6-15(22)18(23)13(17)11-28-12-4-5-14(21)16(24)10-12/h4-7,10H,8-9,11,24H2,1-3H3,(H,25,26). The maximum Gasteiger partial charge on any atom is 0.407 e. The van der Waals surface area contributed by atoms with Crippen molar-refractivity contribution in [2.75, 3.05) is 18.9 Å². The van der Waals surface area contributed by atoms with Crippen molar-refractivity contribution in [3.8, 4) is 11.5 Å². The van der Waals surface area contributed by atoms with Gasteiger partial charge in [-0.15, -0.1) is 0 Å². The van der Waals surface area contributed by atoms with E-state index in [-0.39, 0.29) is 31.1 Å². The first-order valence-corrected chi connectivity index (χ1v) is 9.19. The van der Waals surface area contributed by atoms with E-state index in [4.69, 9.17) is 31.5 Å². The molecule has 0 radical (unpaired) electrons. The topological polar surface area (TPSA) is 82.8 Å². The van der Waals surface area contributed by atoms with Gasteiger partial charge in [-0.25, -0.2) is 13.6 Å². The minimum Gasteiger partial charge on any atom is -0.491 e. The number of alkyl carbamates (subject to hydrolysis) is 1. The number of hydrogen-bond acceptors (Lipinski definition) is 5. The van der Waals surface area contributed by atoms with Crippen LogP contribution in [0.5, 0.6) is 11.5 Å². The van der Waals surface area contributed by atoms with E-state index >= 15 is 0 Å². The van der Waals surface area contributed by atoms with E-state index in [1.165, 1.54) is 18.2 Å². The second-order valence-corrected chi connectivity index (χ2v) is 7.49. The van der Waals surface area contributed by atoms with Crippen LogP contribution in [-0.4, -0.2) is 24.8 Å². The molecule has 0 atom stereocenters. The Morgan fingerprint density at radius 1 is 1.17 bits per heavy atom. The van der Waals surface area contributed by atoms with Crippen LogP contribution in [0.1, 0.15) is 26.3 Å². The van der Waals surface area contributed by atoms with Gasteiger partial charge in [0.1, 0.15) is 30.3 Å². The highest BCUT2D eigenvalue weighted by Crippen LogP contribution is 2.28. The van der Waals surface area contributed by atoms with E-state index in [0.717, 1.165) is 6.07 Å². The molecule has 0 aliphatic carbocycles. The van der Waals surface area contributed by atoms with E-state index < -0.39 is 23.3 Å². The van der Waals surface area contributed by atoms with Crippen LogP contribution in [0.2, 0.25) is 5.02 Å². The van der Waals surface area contributed by atoms with E-state index in [1.807, 2.05) is 0 Å². The monoisotopic (exact) mass is 428 g/mol. The van der Waals surface area contributed by atoms with Crippen LogP contribution in [0.15, 0.2) is 30.3 Å². The van der Waals surface area contributed by atoms with Crippen molar-refractivity contribution in [3.05, 3.63) is 52.6 Å². The maximum absolute atomic E-state index is 14.3. The first kappa shape index (κ1) is 22.5. The van der Waals surface area contributed by atoms with E-state index in [0.29, 0.717) is 16.5 Å². The van der Waals surface area contributed by atoms with Gasteiger partial charge < -0.3 is 25.3 Å². The Labute approximate surface area is 172 Å². The Morgan fingerprint density at radius 3 is 2.55 bits per heavy atom. The van der Waals surface area contributed by atoms with Crippen LogP contribution >= 0.6 is 11.6 Å². The van der Waals surface area contributed by atoms with Crippen molar-refractivity contribution in [3.63, 3.8) is 0 Å². The van der Waals surface area contributed by atoms with Gasteiger partial charge in [-0.1, -0.05) is 11.6 Å². The number of carbonyl (C=O) groups is 1. The van der Waals surface area contributed by atoms with E-state index in [2.05, 4.69) is 5.32 Å². The molecule has 0 spiro atoms. The number of nitrogens with two attached hydrogens (primary N) is 1. The van der Waals surface area contributed by atoms with Crippen LogP contribution in [0, 0.1) is 11.6 Å². The molecular weight excluding hydrogens is 406 g/mol. The number of carbonyl (C=O) groups excluding carboxylic acids is 1. The number of rotatable bonds is 7.